The summed E-state index contributed by atoms with van der Waals surface area (Å²) in [6.07, 6.45) is 1.34. The molecule has 0 spiro atoms. The molecule has 0 saturated heterocycles. The SMILES string of the molecule is COC(=O)CSc1cccc2c1c(C(C)=O)cn2S(=O)(=O)c1ccccc1. The van der Waals surface area contributed by atoms with Crippen molar-refractivity contribution in [2.24, 2.45) is 0 Å². The van der Waals surface area contributed by atoms with Gasteiger partial charge in [0.15, 0.2) is 5.78 Å². The summed E-state index contributed by atoms with van der Waals surface area (Å²) in [6.45, 7) is 1.38. The van der Waals surface area contributed by atoms with Crippen molar-refractivity contribution in [2.75, 3.05) is 12.9 Å². The van der Waals surface area contributed by atoms with Gasteiger partial charge in [0.2, 0.25) is 0 Å². The van der Waals surface area contributed by atoms with E-state index in [9.17, 15) is 18.0 Å². The standard InChI is InChI=1S/C19H17NO5S2/c1-13(21)15-11-20(27(23,24)14-7-4-3-5-8-14)16-9-6-10-17(19(15)16)26-12-18(22)25-2/h3-11H,12H2,1-2H3. The molecule has 0 aliphatic heterocycles. The lowest BCUT2D eigenvalue weighted by atomic mass is 10.1. The lowest BCUT2D eigenvalue weighted by Crippen LogP contribution is -2.11. The molecule has 3 aromatic rings. The second kappa shape index (κ2) is 7.58. The number of Topliss-reactive ketones (excluding diaryl/α,β-unsaturated/α-hetero) is 1. The Morgan fingerprint density at radius 2 is 1.78 bits per heavy atom. The van der Waals surface area contributed by atoms with Crippen molar-refractivity contribution in [2.45, 2.75) is 16.7 Å². The maximum Gasteiger partial charge on any atom is 0.315 e. The molecule has 0 atom stereocenters. The number of esters is 1. The van der Waals surface area contributed by atoms with Crippen LogP contribution in [-0.4, -0.2) is 37.0 Å². The van der Waals surface area contributed by atoms with Crippen molar-refractivity contribution in [3.63, 3.8) is 0 Å². The second-order valence-corrected chi connectivity index (χ2v) is 8.56. The van der Waals surface area contributed by atoms with E-state index in [0.717, 1.165) is 3.97 Å². The smallest absolute Gasteiger partial charge is 0.315 e. The first kappa shape index (κ1) is 19.2. The normalized spacial score (nSPS) is 11.5. The molecule has 0 unspecified atom stereocenters. The van der Waals surface area contributed by atoms with Gasteiger partial charge in [0.25, 0.3) is 10.0 Å². The van der Waals surface area contributed by atoms with Gasteiger partial charge in [0.05, 0.1) is 23.3 Å². The molecule has 0 radical (unpaired) electrons. The van der Waals surface area contributed by atoms with E-state index in [4.69, 9.17) is 0 Å². The molecular weight excluding hydrogens is 386 g/mol. The second-order valence-electron chi connectivity index (χ2n) is 5.73. The number of hydrogen-bond acceptors (Lipinski definition) is 6. The van der Waals surface area contributed by atoms with Gasteiger partial charge in [0.1, 0.15) is 0 Å². The van der Waals surface area contributed by atoms with Crippen LogP contribution >= 0.6 is 11.8 Å². The molecule has 1 heterocycles. The maximum atomic E-state index is 13.1. The summed E-state index contributed by atoms with van der Waals surface area (Å²) < 4.78 is 31.9. The van der Waals surface area contributed by atoms with Crippen LogP contribution in [0, 0.1) is 0 Å². The zero-order valence-electron chi connectivity index (χ0n) is 14.7. The van der Waals surface area contributed by atoms with Gasteiger partial charge in [-0.1, -0.05) is 24.3 Å². The van der Waals surface area contributed by atoms with E-state index in [-0.39, 0.29) is 22.0 Å². The lowest BCUT2D eigenvalue weighted by molar-refractivity contribution is -0.137. The number of thioether (sulfide) groups is 1. The Kier molecular flexibility index (Phi) is 5.38. The molecule has 0 amide bonds. The van der Waals surface area contributed by atoms with E-state index in [1.54, 1.807) is 36.4 Å². The van der Waals surface area contributed by atoms with E-state index in [2.05, 4.69) is 4.74 Å². The average molecular weight is 403 g/mol. The number of hydrogen-bond donors (Lipinski definition) is 0. The number of benzene rings is 2. The van der Waals surface area contributed by atoms with E-state index < -0.39 is 16.0 Å². The van der Waals surface area contributed by atoms with E-state index >= 15 is 0 Å². The van der Waals surface area contributed by atoms with Gasteiger partial charge in [-0.25, -0.2) is 12.4 Å². The molecule has 8 heteroatoms. The van der Waals surface area contributed by atoms with Crippen LogP contribution in [0.25, 0.3) is 10.9 Å². The Labute approximate surface area is 161 Å². The van der Waals surface area contributed by atoms with E-state index in [1.165, 1.54) is 44.1 Å². The summed E-state index contributed by atoms with van der Waals surface area (Å²) >= 11 is 1.20. The molecular formula is C19H17NO5S2. The largest absolute Gasteiger partial charge is 0.468 e. The topological polar surface area (TPSA) is 82.4 Å². The van der Waals surface area contributed by atoms with Gasteiger partial charge in [-0.2, -0.15) is 0 Å². The molecule has 6 nitrogen and oxygen atoms in total. The van der Waals surface area contributed by atoms with Gasteiger partial charge in [-0.05, 0) is 31.2 Å². The third-order valence-electron chi connectivity index (χ3n) is 4.01. The Morgan fingerprint density at radius 3 is 2.41 bits per heavy atom. The van der Waals surface area contributed by atoms with Gasteiger partial charge in [0, 0.05) is 22.0 Å². The highest BCUT2D eigenvalue weighted by Crippen LogP contribution is 2.34. The van der Waals surface area contributed by atoms with Crippen molar-refractivity contribution in [3.05, 3.63) is 60.3 Å². The highest BCUT2D eigenvalue weighted by atomic mass is 32.2. The summed E-state index contributed by atoms with van der Waals surface area (Å²) in [7, 11) is -2.57. The van der Waals surface area contributed by atoms with Crippen LogP contribution in [0.5, 0.6) is 0 Å². The fraction of sp³-hybridized carbons (Fsp3) is 0.158. The molecule has 2 aromatic carbocycles. The van der Waals surface area contributed by atoms with E-state index in [0.29, 0.717) is 15.8 Å². The van der Waals surface area contributed by atoms with Gasteiger partial charge >= 0.3 is 5.97 Å². The predicted octanol–water partition coefficient (Wildman–Crippen LogP) is 3.35. The number of ketones is 1. The van der Waals surface area contributed by atoms with Gasteiger partial charge in [-0.15, -0.1) is 11.8 Å². The quantitative estimate of drug-likeness (QED) is 0.357. The first-order chi connectivity index (χ1) is 12.9. The lowest BCUT2D eigenvalue weighted by Gasteiger charge is -2.08. The molecule has 0 fully saturated rings. The monoisotopic (exact) mass is 403 g/mol. The summed E-state index contributed by atoms with van der Waals surface area (Å²) in [4.78, 5) is 24.4. The molecule has 0 aliphatic carbocycles. The summed E-state index contributed by atoms with van der Waals surface area (Å²) in [5, 5.41) is 0.512. The molecule has 0 saturated carbocycles. The molecule has 0 aliphatic rings. The van der Waals surface area contributed by atoms with Crippen LogP contribution in [0.4, 0.5) is 0 Å². The first-order valence-corrected chi connectivity index (χ1v) is 10.4. The minimum Gasteiger partial charge on any atom is -0.468 e. The van der Waals surface area contributed by atoms with E-state index in [1.807, 2.05) is 0 Å². The average Bonchev–Trinajstić information content (AvgIpc) is 3.08. The van der Waals surface area contributed by atoms with Crippen molar-refractivity contribution in [1.82, 2.24) is 3.97 Å². The first-order valence-electron chi connectivity index (χ1n) is 8.01. The predicted molar refractivity (Wildman–Crippen MR) is 104 cm³/mol. The number of carbonyl (C=O) groups excluding carboxylic acids is 2. The molecule has 0 bridgehead atoms. The molecule has 3 rings (SSSR count). The van der Waals surface area contributed by atoms with Crippen LogP contribution in [-0.2, 0) is 19.6 Å². The zero-order valence-corrected chi connectivity index (χ0v) is 16.3. The maximum absolute atomic E-state index is 13.1. The number of carbonyl (C=O) groups is 2. The van der Waals surface area contributed by atoms with Crippen molar-refractivity contribution in [1.29, 1.82) is 0 Å². The van der Waals surface area contributed by atoms with Gasteiger partial charge in [-0.3, -0.25) is 9.59 Å². The van der Waals surface area contributed by atoms with Crippen molar-refractivity contribution >= 4 is 44.4 Å². The van der Waals surface area contributed by atoms with Crippen LogP contribution in [0.15, 0.2) is 64.5 Å². The number of nitrogens with zero attached hydrogens (tertiary/aromatic N) is 1. The minimum absolute atomic E-state index is 0.0591. The Hall–Kier alpha value is -2.58. The molecule has 27 heavy (non-hydrogen) atoms. The van der Waals surface area contributed by atoms with Crippen LogP contribution in [0.2, 0.25) is 0 Å². The highest BCUT2D eigenvalue weighted by molar-refractivity contribution is 8.00. The number of fused-ring (bicyclic) bond motifs is 1. The Bertz CT molecular complexity index is 1120. The Morgan fingerprint density at radius 1 is 1.07 bits per heavy atom. The molecule has 0 N–H and O–H groups in total. The van der Waals surface area contributed by atoms with Crippen LogP contribution < -0.4 is 0 Å². The summed E-state index contributed by atoms with van der Waals surface area (Å²) in [5.41, 5.74) is 0.677. The fourth-order valence-corrected chi connectivity index (χ4v) is 5.02. The Balaban J connectivity index is 2.22. The zero-order chi connectivity index (χ0) is 19.6. The molecule has 140 valence electrons. The fourth-order valence-electron chi connectivity index (χ4n) is 2.71. The molecule has 1 aromatic heterocycles. The van der Waals surface area contributed by atoms with Crippen LogP contribution in [0.1, 0.15) is 17.3 Å². The van der Waals surface area contributed by atoms with Gasteiger partial charge < -0.3 is 4.74 Å². The minimum atomic E-state index is -3.87. The summed E-state index contributed by atoms with van der Waals surface area (Å²) in [5.74, 6) is -0.602. The van der Waals surface area contributed by atoms with Crippen LogP contribution in [0.3, 0.4) is 0 Å². The number of methoxy groups -OCH3 is 1. The highest BCUT2D eigenvalue weighted by Gasteiger charge is 2.24. The third kappa shape index (κ3) is 3.63. The number of rotatable bonds is 6. The van der Waals surface area contributed by atoms with Crippen molar-refractivity contribution < 1.29 is 22.7 Å². The summed E-state index contributed by atoms with van der Waals surface area (Å²) in [6, 6.07) is 13.1. The number of ether oxygens (including phenoxy) is 1. The number of aromatic nitrogens is 1. The third-order valence-corrected chi connectivity index (χ3v) is 6.73. The van der Waals surface area contributed by atoms with Crippen molar-refractivity contribution in [3.8, 4) is 0 Å².